The lowest BCUT2D eigenvalue weighted by Gasteiger charge is -2.07. The first-order valence-corrected chi connectivity index (χ1v) is 10.8. The standard InChI is InChI=1S/C24H25N7O/c1-3-5-10-22-27-31(15-6-4-2)24(32)30(22)17-18-11-13-19(14-12-18)20-8-7-9-21(16-20)23-25-28-29-26-23/h7-9,11-14,16H,3-4,6,15,17H2,1-2H3,(H,25,26,28,29). The molecule has 0 saturated carbocycles. The van der Waals surface area contributed by atoms with Gasteiger partial charge in [0.1, 0.15) is 0 Å². The number of aryl methyl sites for hydroxylation is 1. The molecule has 4 aromatic rings. The molecule has 0 atom stereocenters. The van der Waals surface area contributed by atoms with Crippen molar-refractivity contribution in [1.82, 2.24) is 35.0 Å². The van der Waals surface area contributed by atoms with Crippen LogP contribution in [-0.2, 0) is 13.1 Å². The van der Waals surface area contributed by atoms with Crippen LogP contribution in [0, 0.1) is 11.8 Å². The molecule has 0 fully saturated rings. The molecule has 1 N–H and O–H groups in total. The molecule has 32 heavy (non-hydrogen) atoms. The predicted molar refractivity (Wildman–Crippen MR) is 123 cm³/mol. The Bertz CT molecular complexity index is 1290. The zero-order valence-corrected chi connectivity index (χ0v) is 18.2. The predicted octanol–water partition coefficient (Wildman–Crippen LogP) is 3.50. The fourth-order valence-electron chi connectivity index (χ4n) is 3.41. The molecule has 0 saturated heterocycles. The van der Waals surface area contributed by atoms with Crippen molar-refractivity contribution in [2.45, 2.75) is 46.2 Å². The minimum absolute atomic E-state index is 0.115. The van der Waals surface area contributed by atoms with Gasteiger partial charge in [0.05, 0.1) is 6.54 Å². The first-order valence-electron chi connectivity index (χ1n) is 10.8. The number of H-pyrrole nitrogens is 1. The summed E-state index contributed by atoms with van der Waals surface area (Å²) in [4.78, 5) is 12.9. The van der Waals surface area contributed by atoms with E-state index in [4.69, 9.17) is 0 Å². The van der Waals surface area contributed by atoms with Gasteiger partial charge in [0, 0.05) is 18.5 Å². The van der Waals surface area contributed by atoms with Crippen LogP contribution >= 0.6 is 0 Å². The van der Waals surface area contributed by atoms with E-state index in [0.29, 0.717) is 31.2 Å². The van der Waals surface area contributed by atoms with E-state index in [0.717, 1.165) is 35.1 Å². The van der Waals surface area contributed by atoms with Gasteiger partial charge in [0.2, 0.25) is 5.82 Å². The number of nitrogens with one attached hydrogen (secondary N) is 1. The molecule has 2 aromatic heterocycles. The van der Waals surface area contributed by atoms with Gasteiger partial charge in [0.15, 0.2) is 5.82 Å². The summed E-state index contributed by atoms with van der Waals surface area (Å²) in [6, 6.07) is 16.2. The second-order valence-corrected chi connectivity index (χ2v) is 7.45. The molecule has 0 spiro atoms. The molecule has 2 heterocycles. The Labute approximate surface area is 186 Å². The highest BCUT2D eigenvalue weighted by molar-refractivity contribution is 5.70. The number of unbranched alkanes of at least 4 members (excludes halogenated alkanes) is 1. The smallest absolute Gasteiger partial charge is 0.264 e. The van der Waals surface area contributed by atoms with Gasteiger partial charge in [-0.2, -0.15) is 0 Å². The monoisotopic (exact) mass is 427 g/mol. The highest BCUT2D eigenvalue weighted by Gasteiger charge is 2.12. The van der Waals surface area contributed by atoms with Crippen LogP contribution in [0.5, 0.6) is 0 Å². The number of aromatic amines is 1. The van der Waals surface area contributed by atoms with E-state index in [1.807, 2.05) is 43.3 Å². The van der Waals surface area contributed by atoms with Crippen molar-refractivity contribution in [2.24, 2.45) is 0 Å². The molecule has 0 aliphatic rings. The largest absolute Gasteiger partial charge is 0.347 e. The second-order valence-electron chi connectivity index (χ2n) is 7.45. The van der Waals surface area contributed by atoms with Crippen LogP contribution in [0.3, 0.4) is 0 Å². The number of benzene rings is 2. The number of rotatable bonds is 7. The van der Waals surface area contributed by atoms with E-state index in [9.17, 15) is 4.79 Å². The normalized spacial score (nSPS) is 10.7. The first-order chi connectivity index (χ1) is 15.7. The Morgan fingerprint density at radius 2 is 1.84 bits per heavy atom. The molecular formula is C24H25N7O. The summed E-state index contributed by atoms with van der Waals surface area (Å²) >= 11 is 0. The Balaban J connectivity index is 1.59. The van der Waals surface area contributed by atoms with Crippen molar-refractivity contribution in [2.75, 3.05) is 0 Å². The molecule has 0 radical (unpaired) electrons. The summed E-state index contributed by atoms with van der Waals surface area (Å²) in [6.07, 6.45) is 2.63. The average Bonchev–Trinajstić information content (AvgIpc) is 3.46. The van der Waals surface area contributed by atoms with Crippen LogP contribution < -0.4 is 5.69 Å². The van der Waals surface area contributed by atoms with Gasteiger partial charge >= 0.3 is 5.69 Å². The van der Waals surface area contributed by atoms with Crippen molar-refractivity contribution in [3.63, 3.8) is 0 Å². The van der Waals surface area contributed by atoms with E-state index >= 15 is 0 Å². The van der Waals surface area contributed by atoms with Crippen LogP contribution in [0.25, 0.3) is 22.5 Å². The number of hydrogen-bond donors (Lipinski definition) is 1. The quantitative estimate of drug-likeness (QED) is 0.456. The van der Waals surface area contributed by atoms with E-state index in [1.54, 1.807) is 4.57 Å². The topological polar surface area (TPSA) is 94.3 Å². The molecule has 0 bridgehead atoms. The van der Waals surface area contributed by atoms with Gasteiger partial charge in [-0.3, -0.25) is 4.57 Å². The molecule has 0 aliphatic carbocycles. The van der Waals surface area contributed by atoms with Gasteiger partial charge in [-0.1, -0.05) is 68.7 Å². The number of hydrogen-bond acceptors (Lipinski definition) is 5. The fourth-order valence-corrected chi connectivity index (χ4v) is 3.41. The van der Waals surface area contributed by atoms with Gasteiger partial charge in [-0.05, 0) is 45.5 Å². The van der Waals surface area contributed by atoms with Crippen molar-refractivity contribution in [1.29, 1.82) is 0 Å². The summed E-state index contributed by atoms with van der Waals surface area (Å²) in [7, 11) is 0. The zero-order valence-electron chi connectivity index (χ0n) is 18.2. The fraction of sp³-hybridized carbons (Fsp3) is 0.292. The lowest BCUT2D eigenvalue weighted by molar-refractivity contribution is 0.545. The molecule has 8 nitrogen and oxygen atoms in total. The van der Waals surface area contributed by atoms with Crippen molar-refractivity contribution in [3.05, 3.63) is 70.4 Å². The van der Waals surface area contributed by atoms with Crippen molar-refractivity contribution >= 4 is 0 Å². The summed E-state index contributed by atoms with van der Waals surface area (Å²) in [5.41, 5.74) is 3.95. The Morgan fingerprint density at radius 3 is 2.56 bits per heavy atom. The number of nitrogens with zero attached hydrogens (tertiary/aromatic N) is 6. The highest BCUT2D eigenvalue weighted by atomic mass is 16.2. The van der Waals surface area contributed by atoms with Gasteiger partial charge in [0.25, 0.3) is 0 Å². The maximum Gasteiger partial charge on any atom is 0.347 e. The second kappa shape index (κ2) is 9.88. The molecular weight excluding hydrogens is 402 g/mol. The Kier molecular flexibility index (Phi) is 6.56. The molecule has 0 amide bonds. The summed E-state index contributed by atoms with van der Waals surface area (Å²) in [5.74, 6) is 7.22. The van der Waals surface area contributed by atoms with Crippen LogP contribution in [0.4, 0.5) is 0 Å². The third kappa shape index (κ3) is 4.67. The minimum Gasteiger partial charge on any atom is -0.264 e. The summed E-state index contributed by atoms with van der Waals surface area (Å²) in [6.45, 7) is 5.12. The van der Waals surface area contributed by atoms with Crippen LogP contribution in [-0.4, -0.2) is 35.0 Å². The van der Waals surface area contributed by atoms with Gasteiger partial charge in [-0.25, -0.2) is 14.6 Å². The first kappa shape index (κ1) is 21.2. The lowest BCUT2D eigenvalue weighted by Crippen LogP contribution is -2.25. The highest BCUT2D eigenvalue weighted by Crippen LogP contribution is 2.24. The number of tetrazole rings is 1. The third-order valence-corrected chi connectivity index (χ3v) is 5.13. The Morgan fingerprint density at radius 1 is 1.03 bits per heavy atom. The molecule has 2 aromatic carbocycles. The average molecular weight is 428 g/mol. The van der Waals surface area contributed by atoms with Crippen LogP contribution in [0.2, 0.25) is 0 Å². The maximum atomic E-state index is 12.9. The van der Waals surface area contributed by atoms with E-state index < -0.39 is 0 Å². The van der Waals surface area contributed by atoms with Crippen LogP contribution in [0.15, 0.2) is 53.3 Å². The minimum atomic E-state index is -0.115. The molecule has 4 rings (SSSR count). The SMILES string of the molecule is CCC#Cc1nn(CCCC)c(=O)n1Cc1ccc(-c2cccc(-c3nnn[nH]3)c2)cc1. The third-order valence-electron chi connectivity index (χ3n) is 5.13. The van der Waals surface area contributed by atoms with E-state index in [2.05, 4.69) is 56.6 Å². The molecule has 8 heteroatoms. The van der Waals surface area contributed by atoms with E-state index in [-0.39, 0.29) is 5.69 Å². The molecule has 162 valence electrons. The Hall–Kier alpha value is -3.99. The summed E-state index contributed by atoms with van der Waals surface area (Å²) in [5, 5.41) is 18.5. The maximum absolute atomic E-state index is 12.9. The summed E-state index contributed by atoms with van der Waals surface area (Å²) < 4.78 is 3.19. The molecule has 0 aliphatic heterocycles. The zero-order chi connectivity index (χ0) is 22.3. The van der Waals surface area contributed by atoms with E-state index in [1.165, 1.54) is 4.68 Å². The van der Waals surface area contributed by atoms with Gasteiger partial charge in [-0.15, -0.1) is 10.2 Å². The van der Waals surface area contributed by atoms with Crippen molar-refractivity contribution < 1.29 is 0 Å². The van der Waals surface area contributed by atoms with Gasteiger partial charge < -0.3 is 0 Å². The molecule has 0 unspecified atom stereocenters. The van der Waals surface area contributed by atoms with Crippen molar-refractivity contribution in [3.8, 4) is 34.4 Å². The van der Waals surface area contributed by atoms with Crippen LogP contribution in [0.1, 0.15) is 44.5 Å². The lowest BCUT2D eigenvalue weighted by atomic mass is 10.0. The number of aromatic nitrogens is 7.